The molecule has 0 aromatic heterocycles. The molecule has 106 valence electrons. The Balaban J connectivity index is 2.49. The zero-order valence-corrected chi connectivity index (χ0v) is 11.7. The van der Waals surface area contributed by atoms with Gasteiger partial charge in [0.2, 0.25) is 5.91 Å². The summed E-state index contributed by atoms with van der Waals surface area (Å²) in [6.07, 6.45) is 12.2. The minimum absolute atomic E-state index is 0.0503. The topological polar surface area (TPSA) is 46.6 Å². The molecule has 1 amide bonds. The Kier molecular flexibility index (Phi) is 7.02. The molecular formula is C15H23NO3. The summed E-state index contributed by atoms with van der Waals surface area (Å²) < 4.78 is 4.67. The fraction of sp³-hybridized carbons (Fsp3) is 0.733. The van der Waals surface area contributed by atoms with Crippen LogP contribution in [0, 0.1) is 12.3 Å². The number of hydrogen-bond donors (Lipinski definition) is 0. The number of hydrogen-bond acceptors (Lipinski definition) is 3. The van der Waals surface area contributed by atoms with Crippen LogP contribution in [0.2, 0.25) is 0 Å². The van der Waals surface area contributed by atoms with Crippen LogP contribution in [0.5, 0.6) is 0 Å². The number of ether oxygens (including phenoxy) is 1. The first-order valence-electron chi connectivity index (χ1n) is 6.98. The van der Waals surface area contributed by atoms with Crippen LogP contribution in [0.3, 0.4) is 0 Å². The molecule has 0 spiro atoms. The maximum atomic E-state index is 12.2. The van der Waals surface area contributed by atoms with Crippen LogP contribution in [-0.4, -0.2) is 36.5 Å². The molecule has 1 aliphatic carbocycles. The Morgan fingerprint density at radius 3 is 2.58 bits per heavy atom. The molecule has 4 nitrogen and oxygen atoms in total. The molecule has 0 aromatic carbocycles. The summed E-state index contributed by atoms with van der Waals surface area (Å²) in [6, 6.07) is 0.208. The molecule has 1 rings (SSSR count). The van der Waals surface area contributed by atoms with Crippen molar-refractivity contribution in [3.63, 3.8) is 0 Å². The Morgan fingerprint density at radius 1 is 1.32 bits per heavy atom. The highest BCUT2D eigenvalue weighted by Crippen LogP contribution is 2.24. The second-order valence-electron chi connectivity index (χ2n) is 4.95. The number of nitrogens with zero attached hydrogens (tertiary/aromatic N) is 1. The fourth-order valence-corrected chi connectivity index (χ4v) is 2.49. The van der Waals surface area contributed by atoms with Crippen molar-refractivity contribution in [2.24, 2.45) is 0 Å². The first-order valence-corrected chi connectivity index (χ1v) is 6.98. The number of amides is 1. The first-order chi connectivity index (χ1) is 9.19. The summed E-state index contributed by atoms with van der Waals surface area (Å²) in [5.74, 6) is 2.27. The van der Waals surface area contributed by atoms with Gasteiger partial charge in [0, 0.05) is 18.9 Å². The lowest BCUT2D eigenvalue weighted by molar-refractivity contribution is -0.148. The third-order valence-electron chi connectivity index (χ3n) is 3.57. The SMILES string of the molecule is C#CCCCCC(=O)N(CC(=O)OC)C1CCCC1. The number of rotatable bonds is 7. The second-order valence-corrected chi connectivity index (χ2v) is 4.95. The van der Waals surface area contributed by atoms with E-state index in [-0.39, 0.29) is 24.5 Å². The normalized spacial score (nSPS) is 14.9. The molecule has 0 saturated heterocycles. The summed E-state index contributed by atoms with van der Waals surface area (Å²) in [4.78, 5) is 25.3. The Labute approximate surface area is 115 Å². The molecule has 1 aliphatic rings. The van der Waals surface area contributed by atoms with Crippen LogP contribution < -0.4 is 0 Å². The van der Waals surface area contributed by atoms with Gasteiger partial charge in [-0.1, -0.05) is 12.8 Å². The third-order valence-corrected chi connectivity index (χ3v) is 3.57. The van der Waals surface area contributed by atoms with Crippen molar-refractivity contribution in [3.8, 4) is 12.3 Å². The van der Waals surface area contributed by atoms with Crippen molar-refractivity contribution >= 4 is 11.9 Å². The van der Waals surface area contributed by atoms with E-state index in [1.165, 1.54) is 7.11 Å². The minimum atomic E-state index is -0.344. The highest BCUT2D eigenvalue weighted by atomic mass is 16.5. The Morgan fingerprint density at radius 2 is 2.00 bits per heavy atom. The second kappa shape index (κ2) is 8.58. The van der Waals surface area contributed by atoms with E-state index in [9.17, 15) is 9.59 Å². The summed E-state index contributed by atoms with van der Waals surface area (Å²) in [6.45, 7) is 0.0785. The molecule has 0 aliphatic heterocycles. The smallest absolute Gasteiger partial charge is 0.325 e. The van der Waals surface area contributed by atoms with E-state index in [0.29, 0.717) is 12.8 Å². The summed E-state index contributed by atoms with van der Waals surface area (Å²) >= 11 is 0. The lowest BCUT2D eigenvalue weighted by atomic mass is 10.1. The van der Waals surface area contributed by atoms with Gasteiger partial charge in [0.05, 0.1) is 7.11 Å². The molecule has 0 radical (unpaired) electrons. The first kappa shape index (κ1) is 15.6. The van der Waals surface area contributed by atoms with E-state index >= 15 is 0 Å². The molecule has 1 fully saturated rings. The lowest BCUT2D eigenvalue weighted by Crippen LogP contribution is -2.42. The van der Waals surface area contributed by atoms with E-state index in [1.807, 2.05) is 0 Å². The van der Waals surface area contributed by atoms with E-state index in [2.05, 4.69) is 10.7 Å². The molecule has 0 unspecified atom stereocenters. The highest BCUT2D eigenvalue weighted by Gasteiger charge is 2.28. The van der Waals surface area contributed by atoms with E-state index in [4.69, 9.17) is 6.42 Å². The zero-order chi connectivity index (χ0) is 14.1. The zero-order valence-electron chi connectivity index (χ0n) is 11.7. The lowest BCUT2D eigenvalue weighted by Gasteiger charge is -2.28. The van der Waals surface area contributed by atoms with Gasteiger partial charge in [0.15, 0.2) is 0 Å². The number of carbonyl (C=O) groups excluding carboxylic acids is 2. The van der Waals surface area contributed by atoms with E-state index in [0.717, 1.165) is 38.5 Å². The van der Waals surface area contributed by atoms with Crippen LogP contribution in [-0.2, 0) is 14.3 Å². The average molecular weight is 265 g/mol. The van der Waals surface area contributed by atoms with Gasteiger partial charge >= 0.3 is 5.97 Å². The van der Waals surface area contributed by atoms with Gasteiger partial charge in [-0.25, -0.2) is 0 Å². The molecule has 0 bridgehead atoms. The van der Waals surface area contributed by atoms with Gasteiger partial charge in [-0.2, -0.15) is 0 Å². The van der Waals surface area contributed by atoms with Crippen LogP contribution in [0.25, 0.3) is 0 Å². The van der Waals surface area contributed by atoms with Crippen molar-refractivity contribution in [3.05, 3.63) is 0 Å². The van der Waals surface area contributed by atoms with E-state index < -0.39 is 0 Å². The van der Waals surface area contributed by atoms with Gasteiger partial charge in [-0.3, -0.25) is 9.59 Å². The molecule has 19 heavy (non-hydrogen) atoms. The number of carbonyl (C=O) groups is 2. The van der Waals surface area contributed by atoms with Gasteiger partial charge in [0.25, 0.3) is 0 Å². The highest BCUT2D eigenvalue weighted by molar-refractivity contribution is 5.82. The maximum absolute atomic E-state index is 12.2. The molecule has 1 saturated carbocycles. The maximum Gasteiger partial charge on any atom is 0.325 e. The molecule has 0 N–H and O–H groups in total. The van der Waals surface area contributed by atoms with Gasteiger partial charge in [-0.15, -0.1) is 12.3 Å². The monoisotopic (exact) mass is 265 g/mol. The molecular weight excluding hydrogens is 242 g/mol. The van der Waals surface area contributed by atoms with Crippen LogP contribution in [0.15, 0.2) is 0 Å². The number of terminal acetylenes is 1. The molecule has 0 heterocycles. The molecule has 0 aromatic rings. The summed E-state index contributed by atoms with van der Waals surface area (Å²) in [5.41, 5.74) is 0. The predicted molar refractivity (Wildman–Crippen MR) is 73.3 cm³/mol. The summed E-state index contributed by atoms with van der Waals surface area (Å²) in [7, 11) is 1.35. The van der Waals surface area contributed by atoms with Crippen molar-refractivity contribution in [2.45, 2.75) is 57.4 Å². The van der Waals surface area contributed by atoms with Crippen molar-refractivity contribution < 1.29 is 14.3 Å². The van der Waals surface area contributed by atoms with Crippen molar-refractivity contribution in [1.29, 1.82) is 0 Å². The average Bonchev–Trinajstić information content (AvgIpc) is 2.94. The standard InChI is InChI=1S/C15H23NO3/c1-3-4-5-6-11-14(17)16(12-15(18)19-2)13-9-7-8-10-13/h1,13H,4-12H2,2H3. The van der Waals surface area contributed by atoms with Gasteiger partial charge in [-0.05, 0) is 25.7 Å². The summed E-state index contributed by atoms with van der Waals surface area (Å²) in [5, 5.41) is 0. The fourth-order valence-electron chi connectivity index (χ4n) is 2.49. The Hall–Kier alpha value is -1.50. The van der Waals surface area contributed by atoms with Crippen molar-refractivity contribution in [2.75, 3.05) is 13.7 Å². The van der Waals surface area contributed by atoms with Crippen molar-refractivity contribution in [1.82, 2.24) is 4.90 Å². The quantitative estimate of drug-likeness (QED) is 0.402. The molecule has 4 heteroatoms. The van der Waals surface area contributed by atoms with Gasteiger partial charge in [0.1, 0.15) is 6.54 Å². The van der Waals surface area contributed by atoms with Crippen LogP contribution in [0.1, 0.15) is 51.4 Å². The third kappa shape index (κ3) is 5.34. The minimum Gasteiger partial charge on any atom is -0.468 e. The van der Waals surface area contributed by atoms with E-state index in [1.54, 1.807) is 4.90 Å². The predicted octanol–water partition coefficient (Wildman–Crippen LogP) is 2.12. The van der Waals surface area contributed by atoms with Crippen LogP contribution in [0.4, 0.5) is 0 Å². The Bertz CT molecular complexity index is 340. The number of esters is 1. The number of methoxy groups -OCH3 is 1. The molecule has 0 atom stereocenters. The largest absolute Gasteiger partial charge is 0.468 e. The number of unbranched alkanes of at least 4 members (excludes halogenated alkanes) is 2. The van der Waals surface area contributed by atoms with Gasteiger partial charge < -0.3 is 9.64 Å². The van der Waals surface area contributed by atoms with Crippen LogP contribution >= 0.6 is 0 Å².